The Morgan fingerprint density at radius 1 is 1.54 bits per heavy atom. The van der Waals surface area contributed by atoms with Gasteiger partial charge in [-0.15, -0.1) is 11.3 Å². The van der Waals surface area contributed by atoms with Gasteiger partial charge in [0.25, 0.3) is 0 Å². The van der Waals surface area contributed by atoms with E-state index in [-0.39, 0.29) is 5.88 Å². The number of thiazole rings is 1. The van der Waals surface area contributed by atoms with Crippen molar-refractivity contribution in [1.82, 2.24) is 4.98 Å². The zero-order valence-corrected chi connectivity index (χ0v) is 7.34. The molecular weight excluding hydrogens is 190 g/mol. The molecule has 0 saturated carbocycles. The van der Waals surface area contributed by atoms with Crippen molar-refractivity contribution in [2.24, 2.45) is 0 Å². The molecule has 4 N–H and O–H groups in total. The average molecular weight is 197 g/mol. The van der Waals surface area contributed by atoms with Crippen LogP contribution in [0.25, 0.3) is 11.5 Å². The highest BCUT2D eigenvalue weighted by Crippen LogP contribution is 2.26. The van der Waals surface area contributed by atoms with E-state index < -0.39 is 0 Å². The van der Waals surface area contributed by atoms with Gasteiger partial charge in [0.05, 0.1) is 0 Å². The van der Waals surface area contributed by atoms with Gasteiger partial charge >= 0.3 is 0 Å². The van der Waals surface area contributed by atoms with E-state index in [2.05, 4.69) is 4.98 Å². The zero-order valence-electron chi connectivity index (χ0n) is 6.52. The van der Waals surface area contributed by atoms with Gasteiger partial charge in [-0.05, 0) is 6.07 Å². The lowest BCUT2D eigenvalue weighted by molar-refractivity contribution is 0.364. The molecular formula is C7H7N3O2S. The molecule has 2 aromatic rings. The van der Waals surface area contributed by atoms with Crippen LogP contribution in [0.4, 0.5) is 11.0 Å². The number of nitrogen functional groups attached to an aromatic ring is 1. The van der Waals surface area contributed by atoms with Crippen LogP contribution in [-0.4, -0.2) is 10.2 Å². The first kappa shape index (κ1) is 8.09. The fourth-order valence-electron chi connectivity index (χ4n) is 0.936. The minimum absolute atomic E-state index is 0.279. The molecule has 0 unspecified atom stereocenters. The fraction of sp³-hybridized carbons (Fsp3) is 0. The van der Waals surface area contributed by atoms with Crippen LogP contribution in [0.15, 0.2) is 21.9 Å². The largest absolute Gasteiger partial charge is 0.437 e. The smallest absolute Gasteiger partial charge is 0.217 e. The number of anilines is 2. The van der Waals surface area contributed by atoms with Crippen molar-refractivity contribution < 1.29 is 9.62 Å². The molecule has 2 heterocycles. The Labute approximate surface area is 77.8 Å². The quantitative estimate of drug-likeness (QED) is 0.639. The van der Waals surface area contributed by atoms with Crippen molar-refractivity contribution in [2.75, 3.05) is 11.2 Å². The van der Waals surface area contributed by atoms with Crippen LogP contribution in [-0.2, 0) is 0 Å². The van der Waals surface area contributed by atoms with Gasteiger partial charge in [0.1, 0.15) is 5.69 Å². The molecule has 0 spiro atoms. The summed E-state index contributed by atoms with van der Waals surface area (Å²) in [7, 11) is 0. The fourth-order valence-corrected chi connectivity index (χ4v) is 1.49. The van der Waals surface area contributed by atoms with Crippen LogP contribution in [0.2, 0.25) is 0 Å². The van der Waals surface area contributed by atoms with Crippen molar-refractivity contribution in [1.29, 1.82) is 0 Å². The van der Waals surface area contributed by atoms with Crippen molar-refractivity contribution in [3.8, 4) is 11.5 Å². The molecule has 0 aliphatic rings. The normalized spacial score (nSPS) is 10.2. The first-order chi connectivity index (χ1) is 6.29. The third-order valence-electron chi connectivity index (χ3n) is 1.49. The second-order valence-corrected chi connectivity index (χ2v) is 3.24. The molecule has 13 heavy (non-hydrogen) atoms. The highest BCUT2D eigenvalue weighted by atomic mass is 32.1. The Hall–Kier alpha value is -1.53. The summed E-state index contributed by atoms with van der Waals surface area (Å²) in [6.45, 7) is 0. The predicted molar refractivity (Wildman–Crippen MR) is 49.6 cm³/mol. The topological polar surface area (TPSA) is 84.3 Å². The van der Waals surface area contributed by atoms with Gasteiger partial charge in [-0.3, -0.25) is 5.21 Å². The Morgan fingerprint density at radius 3 is 2.92 bits per heavy atom. The lowest BCUT2D eigenvalue weighted by Crippen LogP contribution is -1.84. The van der Waals surface area contributed by atoms with E-state index in [4.69, 9.17) is 15.4 Å². The summed E-state index contributed by atoms with van der Waals surface area (Å²) in [4.78, 5) is 4.02. The highest BCUT2D eigenvalue weighted by Gasteiger charge is 2.06. The number of hydrogen-bond donors (Lipinski definition) is 3. The molecule has 0 atom stereocenters. The third-order valence-corrected chi connectivity index (χ3v) is 2.16. The summed E-state index contributed by atoms with van der Waals surface area (Å²) >= 11 is 1.34. The molecule has 0 amide bonds. The SMILES string of the molecule is Nc1nc(-c2ccc(NO)o2)cs1. The molecule has 0 aromatic carbocycles. The summed E-state index contributed by atoms with van der Waals surface area (Å²) < 4.78 is 5.16. The minimum atomic E-state index is 0.279. The monoisotopic (exact) mass is 197 g/mol. The Kier molecular flexibility index (Phi) is 1.91. The highest BCUT2D eigenvalue weighted by molar-refractivity contribution is 7.13. The average Bonchev–Trinajstić information content (AvgIpc) is 2.71. The number of nitrogens with two attached hydrogens (primary N) is 1. The molecule has 5 nitrogen and oxygen atoms in total. The third kappa shape index (κ3) is 1.49. The molecule has 2 aromatic heterocycles. The second kappa shape index (κ2) is 3.08. The lowest BCUT2D eigenvalue weighted by Gasteiger charge is -1.90. The molecule has 0 fully saturated rings. The standard InChI is InChI=1S/C7H7N3O2S/c8-7-9-4(3-13-7)5-1-2-6(10-11)12-5/h1-3,10-11H,(H2,8,9). The van der Waals surface area contributed by atoms with Crippen LogP contribution in [0.1, 0.15) is 0 Å². The number of hydrogen-bond acceptors (Lipinski definition) is 6. The van der Waals surface area contributed by atoms with E-state index in [1.54, 1.807) is 17.5 Å². The first-order valence-corrected chi connectivity index (χ1v) is 4.39. The molecule has 68 valence electrons. The minimum Gasteiger partial charge on any atom is -0.437 e. The molecule has 0 bridgehead atoms. The van der Waals surface area contributed by atoms with Crippen molar-refractivity contribution >= 4 is 22.4 Å². The van der Waals surface area contributed by atoms with Gasteiger partial charge in [0.15, 0.2) is 10.9 Å². The van der Waals surface area contributed by atoms with E-state index >= 15 is 0 Å². The van der Waals surface area contributed by atoms with E-state index in [0.717, 1.165) is 0 Å². The Balaban J connectivity index is 2.35. The van der Waals surface area contributed by atoms with Crippen LogP contribution in [0, 0.1) is 0 Å². The number of aromatic nitrogens is 1. The Bertz CT molecular complexity index is 409. The first-order valence-electron chi connectivity index (χ1n) is 3.51. The van der Waals surface area contributed by atoms with Crippen LogP contribution in [0.3, 0.4) is 0 Å². The van der Waals surface area contributed by atoms with Gasteiger partial charge in [-0.1, -0.05) is 0 Å². The summed E-state index contributed by atoms with van der Waals surface area (Å²) in [5.41, 5.74) is 8.03. The molecule has 2 rings (SSSR count). The maximum Gasteiger partial charge on any atom is 0.217 e. The second-order valence-electron chi connectivity index (χ2n) is 2.35. The van der Waals surface area contributed by atoms with E-state index in [0.29, 0.717) is 16.6 Å². The molecule has 0 aliphatic carbocycles. The van der Waals surface area contributed by atoms with Gasteiger partial charge in [-0.25, -0.2) is 10.5 Å². The van der Waals surface area contributed by atoms with Crippen molar-refractivity contribution in [3.05, 3.63) is 17.5 Å². The Morgan fingerprint density at radius 2 is 2.38 bits per heavy atom. The van der Waals surface area contributed by atoms with Gasteiger partial charge in [-0.2, -0.15) is 0 Å². The summed E-state index contributed by atoms with van der Waals surface area (Å²) in [5.74, 6) is 0.853. The van der Waals surface area contributed by atoms with E-state index in [1.165, 1.54) is 11.3 Å². The van der Waals surface area contributed by atoms with Gasteiger partial charge < -0.3 is 10.2 Å². The van der Waals surface area contributed by atoms with Gasteiger partial charge in [0, 0.05) is 11.4 Å². The molecule has 0 aliphatic heterocycles. The molecule has 6 heteroatoms. The lowest BCUT2D eigenvalue weighted by atomic mass is 10.4. The number of nitrogens with zero attached hydrogens (tertiary/aromatic N) is 1. The summed E-state index contributed by atoms with van der Waals surface area (Å²) in [6, 6.07) is 3.30. The summed E-state index contributed by atoms with van der Waals surface area (Å²) in [6.07, 6.45) is 0. The summed E-state index contributed by atoms with van der Waals surface area (Å²) in [5, 5.41) is 10.8. The molecule has 0 saturated heterocycles. The van der Waals surface area contributed by atoms with E-state index in [9.17, 15) is 0 Å². The van der Waals surface area contributed by atoms with Crippen LogP contribution >= 0.6 is 11.3 Å². The van der Waals surface area contributed by atoms with E-state index in [1.807, 2.05) is 5.48 Å². The maximum absolute atomic E-state index is 8.52. The maximum atomic E-state index is 8.52. The van der Waals surface area contributed by atoms with Gasteiger partial charge in [0.2, 0.25) is 5.88 Å². The van der Waals surface area contributed by atoms with Crippen molar-refractivity contribution in [2.45, 2.75) is 0 Å². The zero-order chi connectivity index (χ0) is 9.26. The number of nitrogens with one attached hydrogen (secondary N) is 1. The van der Waals surface area contributed by atoms with Crippen LogP contribution in [0.5, 0.6) is 0 Å². The number of rotatable bonds is 2. The van der Waals surface area contributed by atoms with Crippen LogP contribution < -0.4 is 11.2 Å². The molecule has 0 radical (unpaired) electrons. The number of furan rings is 1. The van der Waals surface area contributed by atoms with Crippen molar-refractivity contribution in [3.63, 3.8) is 0 Å². The predicted octanol–water partition coefficient (Wildman–Crippen LogP) is 1.79.